The van der Waals surface area contributed by atoms with Gasteiger partial charge in [0.15, 0.2) is 0 Å². The normalized spacial score (nSPS) is 22.8. The van der Waals surface area contributed by atoms with Crippen LogP contribution in [0.5, 0.6) is 0 Å². The summed E-state index contributed by atoms with van der Waals surface area (Å²) < 4.78 is 131. The molecular weight excluding hydrogens is 628 g/mol. The van der Waals surface area contributed by atoms with Gasteiger partial charge in [-0.3, -0.25) is 0 Å². The number of fused-ring (bicyclic) bond motifs is 2. The van der Waals surface area contributed by atoms with Gasteiger partial charge < -0.3 is 19.2 Å². The highest BCUT2D eigenvalue weighted by molar-refractivity contribution is 6.32. The van der Waals surface area contributed by atoms with Crippen LogP contribution in [0.25, 0.3) is 0 Å². The molecule has 250 valence electrons. The monoisotopic (exact) mass is 662 g/mol. The number of halogens is 9. The molecule has 2 aliphatic rings. The molecule has 0 saturated heterocycles. The lowest BCUT2D eigenvalue weighted by atomic mass is 9.54. The van der Waals surface area contributed by atoms with Gasteiger partial charge in [-0.25, -0.2) is 0 Å². The van der Waals surface area contributed by atoms with Crippen LogP contribution < -0.4 is 0 Å². The third-order valence-electron chi connectivity index (χ3n) is 8.36. The molecule has 2 saturated carbocycles. The van der Waals surface area contributed by atoms with Gasteiger partial charge in [0.2, 0.25) is 0 Å². The van der Waals surface area contributed by atoms with Crippen molar-refractivity contribution >= 4 is 7.32 Å². The van der Waals surface area contributed by atoms with Crippen LogP contribution in [-0.4, -0.2) is 55.6 Å². The van der Waals surface area contributed by atoms with Crippen LogP contribution in [0.15, 0.2) is 72.8 Å². The Labute approximate surface area is 261 Å². The van der Waals surface area contributed by atoms with E-state index >= 15 is 0 Å². The van der Waals surface area contributed by atoms with Crippen molar-refractivity contribution in [2.24, 2.45) is 5.92 Å². The predicted octanol–water partition coefficient (Wildman–Crippen LogP) is 7.67. The van der Waals surface area contributed by atoms with E-state index in [0.29, 0.717) is 0 Å². The summed E-state index contributed by atoms with van der Waals surface area (Å²) in [6.07, 6.45) is -14.3. The van der Waals surface area contributed by atoms with E-state index in [2.05, 4.69) is 28.2 Å². The first-order chi connectivity index (χ1) is 21.0. The van der Waals surface area contributed by atoms with Gasteiger partial charge in [-0.2, -0.15) is 39.5 Å². The van der Waals surface area contributed by atoms with Crippen molar-refractivity contribution in [1.82, 2.24) is 0 Å². The third-order valence-corrected chi connectivity index (χ3v) is 8.36. The molecule has 0 aromatic heterocycles. The summed E-state index contributed by atoms with van der Waals surface area (Å²) in [6.45, 7) is 0. The minimum absolute atomic E-state index is 0.00274. The van der Waals surface area contributed by atoms with Crippen molar-refractivity contribution in [3.05, 3.63) is 106 Å². The van der Waals surface area contributed by atoms with Crippen molar-refractivity contribution < 1.29 is 58.7 Å². The molecule has 3 atom stereocenters. The smallest absolute Gasteiger partial charge is 0.402 e. The first-order valence-corrected chi connectivity index (χ1v) is 14.3. The number of nitrogens with zero attached hydrogens (tertiary/aromatic N) is 1. The maximum absolute atomic E-state index is 13.9. The minimum Gasteiger partial charge on any atom is -0.402 e. The Bertz CT molecular complexity index is 1470. The van der Waals surface area contributed by atoms with Crippen LogP contribution in [0, 0.1) is 5.92 Å². The van der Waals surface area contributed by atoms with Gasteiger partial charge in [0, 0.05) is 5.92 Å². The Kier molecular flexibility index (Phi) is 9.48. The van der Waals surface area contributed by atoms with Crippen molar-refractivity contribution in [1.29, 1.82) is 0 Å². The molecule has 5 rings (SSSR count). The molecule has 3 aromatic rings. The van der Waals surface area contributed by atoms with Crippen LogP contribution in [0.3, 0.4) is 0 Å². The van der Waals surface area contributed by atoms with E-state index in [0.717, 1.165) is 59.1 Å². The predicted molar refractivity (Wildman–Crippen MR) is 153 cm³/mol. The van der Waals surface area contributed by atoms with E-state index in [9.17, 15) is 49.6 Å². The van der Waals surface area contributed by atoms with E-state index in [1.807, 2.05) is 0 Å². The Morgan fingerprint density at radius 1 is 0.696 bits per heavy atom. The fraction of sp³-hybridized carbons (Fsp3) is 0.438. The lowest BCUT2D eigenvalue weighted by Gasteiger charge is -2.52. The first kappa shape index (κ1) is 35.8. The number of hydrogen-bond acceptors (Lipinski definition) is 3. The Balaban J connectivity index is 0.000000892. The summed E-state index contributed by atoms with van der Waals surface area (Å²) in [5, 5.41) is 19.9. The molecule has 3 unspecified atom stereocenters. The number of rotatable bonds is 5. The highest BCUT2D eigenvalue weighted by Gasteiger charge is 2.70. The largest absolute Gasteiger partial charge is 0.634 e. The minimum atomic E-state index is -4.86. The van der Waals surface area contributed by atoms with Gasteiger partial charge in [-0.05, 0) is 60.1 Å². The van der Waals surface area contributed by atoms with Gasteiger partial charge in [-0.1, -0.05) is 54.6 Å². The molecule has 3 aromatic carbocycles. The molecule has 2 aliphatic carbocycles. The van der Waals surface area contributed by atoms with E-state index in [-0.39, 0.29) is 36.0 Å². The lowest BCUT2D eigenvalue weighted by molar-refractivity contribution is -0.849. The van der Waals surface area contributed by atoms with E-state index in [1.54, 1.807) is 0 Å². The second-order valence-corrected chi connectivity index (χ2v) is 13.2. The number of benzene rings is 3. The molecule has 0 spiro atoms. The summed E-state index contributed by atoms with van der Waals surface area (Å²) in [6, 6.07) is 11.8. The van der Waals surface area contributed by atoms with Gasteiger partial charge >= 0.3 is 25.9 Å². The second kappa shape index (κ2) is 12.2. The van der Waals surface area contributed by atoms with Gasteiger partial charge in [-0.15, -0.1) is 0 Å². The van der Waals surface area contributed by atoms with Gasteiger partial charge in [0.25, 0.3) is 0 Å². The highest BCUT2D eigenvalue weighted by Crippen LogP contribution is 2.70. The van der Waals surface area contributed by atoms with Crippen LogP contribution in [0.4, 0.5) is 39.5 Å². The Hall–Kier alpha value is -3.07. The molecule has 2 fully saturated rings. The van der Waals surface area contributed by atoms with E-state index in [1.165, 1.54) is 18.2 Å². The first-order valence-electron chi connectivity index (χ1n) is 14.3. The van der Waals surface area contributed by atoms with Crippen LogP contribution >= 0.6 is 0 Å². The molecule has 0 amide bonds. The fourth-order valence-electron chi connectivity index (χ4n) is 7.09. The zero-order chi connectivity index (χ0) is 34.5. The van der Waals surface area contributed by atoms with Crippen LogP contribution in [-0.2, 0) is 28.6 Å². The Morgan fingerprint density at radius 3 is 1.52 bits per heavy atom. The average Bonchev–Trinajstić information content (AvgIpc) is 3.45. The third kappa shape index (κ3) is 7.09. The average molecular weight is 662 g/mol. The molecule has 0 radical (unpaired) electrons. The van der Waals surface area contributed by atoms with Crippen molar-refractivity contribution in [3.63, 3.8) is 0 Å². The molecule has 14 heteroatoms. The quantitative estimate of drug-likeness (QED) is 0.168. The Morgan fingerprint density at radius 2 is 1.11 bits per heavy atom. The number of hydrogen-bond donors (Lipinski definition) is 2. The topological polar surface area (TPSA) is 49.7 Å². The summed E-state index contributed by atoms with van der Waals surface area (Å²) in [7, 11) is 6.03. The van der Waals surface area contributed by atoms with Crippen molar-refractivity contribution in [2.45, 2.75) is 54.7 Å². The maximum Gasteiger partial charge on any atom is 0.634 e. The molecule has 0 heterocycles. The highest BCUT2D eigenvalue weighted by atomic mass is 19.4. The maximum atomic E-state index is 13.9. The van der Waals surface area contributed by atoms with Crippen LogP contribution in [0.2, 0.25) is 0 Å². The lowest BCUT2D eigenvalue weighted by Crippen LogP contribution is -2.56. The summed E-state index contributed by atoms with van der Waals surface area (Å²) in [4.78, 5) is 0. The van der Waals surface area contributed by atoms with E-state index < -0.39 is 65.4 Å². The molecule has 2 N–H and O–H groups in total. The SMILES string of the molecule is C[N+](C)(C)C.OB(O)OC12CCC(C1)C(c1cccc(C(F)(F)F)c1)C2(c1cccc(C(F)(F)F)c1)c1cccc(C(F)(F)F)c1. The summed E-state index contributed by atoms with van der Waals surface area (Å²) >= 11 is 0. The molecular formula is C32H34BF9NO3+. The van der Waals surface area contributed by atoms with Crippen molar-refractivity contribution in [2.75, 3.05) is 28.2 Å². The fourth-order valence-corrected chi connectivity index (χ4v) is 7.09. The molecule has 4 nitrogen and oxygen atoms in total. The molecule has 2 bridgehead atoms. The summed E-state index contributed by atoms with van der Waals surface area (Å²) in [5.41, 5.74) is -7.38. The molecule has 46 heavy (non-hydrogen) atoms. The van der Waals surface area contributed by atoms with Gasteiger partial charge in [0.05, 0.1) is 55.9 Å². The van der Waals surface area contributed by atoms with Crippen molar-refractivity contribution in [3.8, 4) is 0 Å². The van der Waals surface area contributed by atoms with Crippen LogP contribution in [0.1, 0.15) is 58.6 Å². The zero-order valence-corrected chi connectivity index (χ0v) is 25.4. The standard InChI is InChI=1S/C28H22BF9O3.C4H12N/c30-26(31,32)20-7-1-4-16(12-20)23-17-10-11-24(15-17,41-29(39)40)25(23,18-5-2-8-21(13-18)27(33,34)35)19-6-3-9-22(14-19)28(36,37)38;1-5(2,3)4/h1-9,12-14,17,23,39-40H,10-11,15H2;1-4H3/q;+1. The van der Waals surface area contributed by atoms with E-state index in [4.69, 9.17) is 4.65 Å². The molecule has 0 aliphatic heterocycles. The second-order valence-electron chi connectivity index (χ2n) is 13.2. The zero-order valence-electron chi connectivity index (χ0n) is 25.4. The number of alkyl halides is 9. The number of quaternary nitrogens is 1. The van der Waals surface area contributed by atoms with Gasteiger partial charge in [0.1, 0.15) is 0 Å². The summed E-state index contributed by atoms with van der Waals surface area (Å²) in [5.74, 6) is -1.70.